The molecule has 0 radical (unpaired) electrons. The Kier molecular flexibility index (Phi) is 6.98. The van der Waals surface area contributed by atoms with Crippen LogP contribution in [0.3, 0.4) is 0 Å². The smallest absolute Gasteiger partial charge is 0.255 e. The number of phenolic OH excluding ortho intramolecular Hbond substituents is 1. The summed E-state index contributed by atoms with van der Waals surface area (Å²) in [5.74, 6) is -6.26. The number of ketones is 2. The summed E-state index contributed by atoms with van der Waals surface area (Å²) in [5, 5.41) is 44.8. The van der Waals surface area contributed by atoms with E-state index in [9.17, 15) is 34.8 Å². The Bertz CT molecular complexity index is 1250. The Hall–Kier alpha value is -3.17. The first-order chi connectivity index (χ1) is 17.4. The van der Waals surface area contributed by atoms with E-state index in [1.165, 1.54) is 0 Å². The number of allylic oxidation sites excluding steroid dienone is 1. The lowest BCUT2D eigenvalue weighted by Gasteiger charge is -2.50. The zero-order valence-corrected chi connectivity index (χ0v) is 21.8. The summed E-state index contributed by atoms with van der Waals surface area (Å²) in [6.45, 7) is 3.84. The number of aromatic hydroxyl groups is 1. The number of hydrogen-bond donors (Lipinski definition) is 5. The summed E-state index contributed by atoms with van der Waals surface area (Å²) in [6, 6.07) is 0.909. The third-order valence-corrected chi connectivity index (χ3v) is 8.31. The van der Waals surface area contributed by atoms with Gasteiger partial charge in [0.2, 0.25) is 5.78 Å². The molecule has 9 heteroatoms. The lowest BCUT2D eigenvalue weighted by atomic mass is 9.58. The predicted molar refractivity (Wildman–Crippen MR) is 136 cm³/mol. The number of aliphatic hydroxyl groups excluding tert-OH is 2. The van der Waals surface area contributed by atoms with Gasteiger partial charge in [-0.15, -0.1) is 0 Å². The standard InChI is InChI=1S/C28H36N2O7/c1-5-6-7-8-9-14-10-13(2)22(31)19-16(14)11-15-12-17-21(30(3)4)24(33)20(27(29)36)26(35)28(17,37)25(34)18(15)23(19)32/h10,15,17,21,31,33-34,37H,5-9,11-12H2,1-4H3,(H2,29,36)/t15-,17-,21-,28?/m0/s1. The van der Waals surface area contributed by atoms with Gasteiger partial charge in [0.05, 0.1) is 11.6 Å². The number of nitrogens with zero attached hydrogens (tertiary/aromatic N) is 1. The monoisotopic (exact) mass is 512 g/mol. The Morgan fingerprint density at radius 2 is 1.84 bits per heavy atom. The molecule has 3 aliphatic carbocycles. The molecule has 9 nitrogen and oxygen atoms in total. The van der Waals surface area contributed by atoms with Crippen molar-refractivity contribution in [2.75, 3.05) is 14.1 Å². The van der Waals surface area contributed by atoms with Crippen molar-refractivity contribution < 1.29 is 34.8 Å². The van der Waals surface area contributed by atoms with Crippen LogP contribution in [0, 0.1) is 18.8 Å². The van der Waals surface area contributed by atoms with Crippen LogP contribution in [0.5, 0.6) is 5.75 Å². The van der Waals surface area contributed by atoms with Crippen molar-refractivity contribution in [1.29, 1.82) is 0 Å². The summed E-state index contributed by atoms with van der Waals surface area (Å²) < 4.78 is 0. The number of rotatable bonds is 7. The summed E-state index contributed by atoms with van der Waals surface area (Å²) in [4.78, 5) is 40.8. The minimum Gasteiger partial charge on any atom is -0.510 e. The van der Waals surface area contributed by atoms with E-state index in [-0.39, 0.29) is 23.3 Å². The van der Waals surface area contributed by atoms with Crippen LogP contribution in [0.2, 0.25) is 0 Å². The Morgan fingerprint density at radius 3 is 2.43 bits per heavy atom. The highest BCUT2D eigenvalue weighted by atomic mass is 16.3. The quantitative estimate of drug-likeness (QED) is 0.275. The first-order valence-corrected chi connectivity index (χ1v) is 12.9. The maximum absolute atomic E-state index is 13.8. The van der Waals surface area contributed by atoms with E-state index in [0.29, 0.717) is 12.0 Å². The molecule has 0 spiro atoms. The topological polar surface area (TPSA) is 161 Å². The van der Waals surface area contributed by atoms with Crippen molar-refractivity contribution in [3.8, 4) is 5.75 Å². The van der Waals surface area contributed by atoms with E-state index in [1.807, 2.05) is 6.07 Å². The number of hydrogen-bond acceptors (Lipinski definition) is 8. The molecule has 4 atom stereocenters. The third kappa shape index (κ3) is 3.95. The largest absolute Gasteiger partial charge is 0.510 e. The Labute approximate surface area is 216 Å². The van der Waals surface area contributed by atoms with Crippen molar-refractivity contribution in [2.24, 2.45) is 17.6 Å². The average Bonchev–Trinajstić information content (AvgIpc) is 2.81. The molecule has 0 saturated heterocycles. The number of nitrogens with two attached hydrogens (primary N) is 1. The van der Waals surface area contributed by atoms with Crippen molar-refractivity contribution in [2.45, 2.75) is 70.4 Å². The molecule has 0 bridgehead atoms. The van der Waals surface area contributed by atoms with E-state index in [2.05, 4.69) is 6.92 Å². The molecule has 4 rings (SSSR count). The normalized spacial score (nSPS) is 27.4. The second-order valence-electron chi connectivity index (χ2n) is 10.8. The first-order valence-electron chi connectivity index (χ1n) is 12.9. The van der Waals surface area contributed by atoms with Crippen LogP contribution in [0.1, 0.15) is 66.1 Å². The SMILES string of the molecule is CCCCCCc1cc(C)c(O)c2c1C[C@H]1C[C@H]3[C@H](N(C)C)C(O)=C(C(N)=O)C(=O)C3(O)C(O)=C1C2=O. The van der Waals surface area contributed by atoms with Crippen molar-refractivity contribution in [3.05, 3.63) is 51.0 Å². The fourth-order valence-electron chi connectivity index (χ4n) is 6.51. The number of carbonyl (C=O) groups excluding carboxylic acids is 3. The van der Waals surface area contributed by atoms with E-state index < -0.39 is 58.0 Å². The van der Waals surface area contributed by atoms with Gasteiger partial charge in [0.1, 0.15) is 22.8 Å². The van der Waals surface area contributed by atoms with E-state index in [0.717, 1.165) is 43.2 Å². The van der Waals surface area contributed by atoms with Gasteiger partial charge >= 0.3 is 0 Å². The van der Waals surface area contributed by atoms with E-state index in [4.69, 9.17) is 5.73 Å². The minimum absolute atomic E-state index is 0.0891. The fourth-order valence-corrected chi connectivity index (χ4v) is 6.51. The van der Waals surface area contributed by atoms with Crippen molar-refractivity contribution in [1.82, 2.24) is 4.90 Å². The molecule has 6 N–H and O–H groups in total. The molecule has 200 valence electrons. The lowest BCUT2D eigenvalue weighted by Crippen LogP contribution is -2.63. The summed E-state index contributed by atoms with van der Waals surface area (Å²) in [6.07, 6.45) is 5.34. The number of amides is 1. The molecule has 1 aromatic rings. The molecule has 0 aromatic heterocycles. The number of phenols is 1. The lowest BCUT2D eigenvalue weighted by molar-refractivity contribution is -0.148. The number of unbranched alkanes of at least 4 members (excludes halogenated alkanes) is 3. The van der Waals surface area contributed by atoms with Gasteiger partial charge in [-0.2, -0.15) is 0 Å². The number of benzene rings is 1. The molecule has 3 aliphatic rings. The van der Waals surface area contributed by atoms with Crippen LogP contribution in [0.4, 0.5) is 0 Å². The second-order valence-corrected chi connectivity index (χ2v) is 10.8. The predicted octanol–water partition coefficient (Wildman–Crippen LogP) is 2.55. The highest BCUT2D eigenvalue weighted by Crippen LogP contribution is 2.52. The Balaban J connectivity index is 1.88. The molecular weight excluding hydrogens is 476 g/mol. The molecular formula is C28H36N2O7. The molecule has 0 aliphatic heterocycles. The summed E-state index contributed by atoms with van der Waals surface area (Å²) in [5.41, 5.74) is 4.13. The van der Waals surface area contributed by atoms with Gasteiger partial charge in [-0.3, -0.25) is 19.3 Å². The molecule has 1 aromatic carbocycles. The number of aryl methyl sites for hydroxylation is 2. The van der Waals surface area contributed by atoms with Crippen molar-refractivity contribution >= 4 is 17.5 Å². The Morgan fingerprint density at radius 1 is 1.16 bits per heavy atom. The number of Topliss-reactive ketones (excluding diaryl/α,β-unsaturated/α-hetero) is 2. The number of primary amides is 1. The van der Waals surface area contributed by atoms with Gasteiger partial charge in [0.25, 0.3) is 5.91 Å². The summed E-state index contributed by atoms with van der Waals surface area (Å²) >= 11 is 0. The fraction of sp³-hybridized carbons (Fsp3) is 0.536. The maximum atomic E-state index is 13.8. The summed E-state index contributed by atoms with van der Waals surface area (Å²) in [7, 11) is 3.23. The number of carbonyl (C=O) groups is 3. The van der Waals surface area contributed by atoms with Crippen LogP contribution in [0.15, 0.2) is 28.7 Å². The molecule has 1 amide bonds. The maximum Gasteiger partial charge on any atom is 0.255 e. The number of fused-ring (bicyclic) bond motifs is 3. The van der Waals surface area contributed by atoms with E-state index >= 15 is 0 Å². The molecule has 37 heavy (non-hydrogen) atoms. The van der Waals surface area contributed by atoms with Gasteiger partial charge in [0.15, 0.2) is 11.4 Å². The van der Waals surface area contributed by atoms with Gasteiger partial charge in [-0.25, -0.2) is 0 Å². The number of likely N-dealkylation sites (N-methyl/N-ethyl adjacent to an activating group) is 1. The van der Waals surface area contributed by atoms with E-state index in [1.54, 1.807) is 25.9 Å². The van der Waals surface area contributed by atoms with Crippen LogP contribution in [-0.2, 0) is 22.4 Å². The molecule has 0 fully saturated rings. The van der Waals surface area contributed by atoms with Gasteiger partial charge < -0.3 is 26.2 Å². The van der Waals surface area contributed by atoms with Crippen LogP contribution in [-0.4, -0.2) is 68.5 Å². The average molecular weight is 513 g/mol. The molecule has 1 unspecified atom stereocenters. The van der Waals surface area contributed by atoms with Crippen LogP contribution < -0.4 is 5.73 Å². The van der Waals surface area contributed by atoms with Gasteiger partial charge in [0, 0.05) is 11.5 Å². The molecule has 0 heterocycles. The van der Waals surface area contributed by atoms with Gasteiger partial charge in [-0.1, -0.05) is 32.3 Å². The number of aliphatic hydroxyl groups is 3. The van der Waals surface area contributed by atoms with Crippen LogP contribution >= 0.6 is 0 Å². The highest BCUT2D eigenvalue weighted by Gasteiger charge is 2.63. The van der Waals surface area contributed by atoms with Crippen LogP contribution in [0.25, 0.3) is 0 Å². The highest BCUT2D eigenvalue weighted by molar-refractivity contribution is 6.24. The minimum atomic E-state index is -2.62. The van der Waals surface area contributed by atoms with Crippen molar-refractivity contribution in [3.63, 3.8) is 0 Å². The first kappa shape index (κ1) is 26.9. The third-order valence-electron chi connectivity index (χ3n) is 8.31. The zero-order chi connectivity index (χ0) is 27.4. The molecule has 0 saturated carbocycles. The van der Waals surface area contributed by atoms with Gasteiger partial charge in [-0.05, 0) is 69.3 Å². The second kappa shape index (κ2) is 9.61. The zero-order valence-electron chi connectivity index (χ0n) is 21.8.